The van der Waals surface area contributed by atoms with Gasteiger partial charge in [-0.2, -0.15) is 4.31 Å². The molecule has 0 fully saturated rings. The van der Waals surface area contributed by atoms with Crippen LogP contribution in [-0.4, -0.2) is 37.8 Å². The molecule has 9 heteroatoms. The number of amides is 1. The number of benzene rings is 2. The highest BCUT2D eigenvalue weighted by molar-refractivity contribution is 7.89. The first-order valence-electron chi connectivity index (χ1n) is 10.5. The highest BCUT2D eigenvalue weighted by atomic mass is 32.2. The summed E-state index contributed by atoms with van der Waals surface area (Å²) in [6.45, 7) is 2.16. The molecule has 1 aliphatic rings. The minimum atomic E-state index is -3.69. The maximum atomic E-state index is 13.1. The van der Waals surface area contributed by atoms with Gasteiger partial charge in [0.25, 0.3) is 5.91 Å². The van der Waals surface area contributed by atoms with E-state index in [0.29, 0.717) is 19.5 Å². The molecule has 33 heavy (non-hydrogen) atoms. The maximum absolute atomic E-state index is 13.1. The number of hydrogen-bond donors (Lipinski definition) is 1. The van der Waals surface area contributed by atoms with Crippen LogP contribution in [0.1, 0.15) is 39.3 Å². The summed E-state index contributed by atoms with van der Waals surface area (Å²) in [6.07, 6.45) is 0.660. The summed E-state index contributed by atoms with van der Waals surface area (Å²) < 4.78 is 32.6. The fraction of sp³-hybridized carbons (Fsp3) is 0.250. The summed E-state index contributed by atoms with van der Waals surface area (Å²) in [5.74, 6) is -1.10. The van der Waals surface area contributed by atoms with Crippen molar-refractivity contribution in [3.63, 3.8) is 0 Å². The van der Waals surface area contributed by atoms with Crippen LogP contribution in [0.15, 0.2) is 70.9 Å². The summed E-state index contributed by atoms with van der Waals surface area (Å²) in [6, 6.07) is 17.0. The van der Waals surface area contributed by atoms with Crippen molar-refractivity contribution >= 4 is 33.2 Å². The lowest BCUT2D eigenvalue weighted by molar-refractivity contribution is -0.124. The van der Waals surface area contributed by atoms with Gasteiger partial charge in [0, 0.05) is 18.0 Å². The highest BCUT2D eigenvalue weighted by Crippen LogP contribution is 2.25. The Morgan fingerprint density at radius 3 is 2.48 bits per heavy atom. The van der Waals surface area contributed by atoms with Gasteiger partial charge in [-0.3, -0.25) is 4.79 Å². The lowest BCUT2D eigenvalue weighted by Gasteiger charge is -2.28. The molecule has 1 unspecified atom stereocenters. The molecule has 3 aromatic rings. The van der Waals surface area contributed by atoms with E-state index in [1.54, 1.807) is 0 Å². The molecule has 4 rings (SSSR count). The van der Waals surface area contributed by atoms with Crippen LogP contribution in [0.25, 0.3) is 0 Å². The van der Waals surface area contributed by atoms with Crippen molar-refractivity contribution in [3.8, 4) is 0 Å². The van der Waals surface area contributed by atoms with Gasteiger partial charge in [0.2, 0.25) is 10.0 Å². The molecule has 2 heterocycles. The van der Waals surface area contributed by atoms with Crippen molar-refractivity contribution in [1.82, 2.24) is 9.62 Å². The molecular weight excluding hydrogens is 460 g/mol. The molecule has 0 saturated heterocycles. The molecule has 7 nitrogen and oxygen atoms in total. The number of hydrogen-bond acceptors (Lipinski definition) is 6. The number of carbonyl (C=O) groups excluding carboxylic acids is 2. The zero-order valence-corrected chi connectivity index (χ0v) is 19.7. The van der Waals surface area contributed by atoms with Gasteiger partial charge in [0.1, 0.15) is 0 Å². The number of carbonyl (C=O) groups is 2. The SMILES string of the molecule is CC(NC(=O)COC(=O)c1ccc(S(=O)(=O)N2CCc3ccccc3C2)cc1)c1cccs1. The predicted octanol–water partition coefficient (Wildman–Crippen LogP) is 3.53. The molecule has 0 bridgehead atoms. The van der Waals surface area contributed by atoms with E-state index in [1.807, 2.05) is 48.7 Å². The second kappa shape index (κ2) is 9.86. The van der Waals surface area contributed by atoms with E-state index < -0.39 is 28.5 Å². The molecule has 1 atom stereocenters. The molecule has 0 spiro atoms. The van der Waals surface area contributed by atoms with Crippen LogP contribution in [0.2, 0.25) is 0 Å². The van der Waals surface area contributed by atoms with E-state index in [-0.39, 0.29) is 16.5 Å². The summed E-state index contributed by atoms with van der Waals surface area (Å²) >= 11 is 1.53. The number of rotatable bonds is 7. The zero-order chi connectivity index (χ0) is 23.4. The Morgan fingerprint density at radius 1 is 1.06 bits per heavy atom. The minimum absolute atomic E-state index is 0.112. The topological polar surface area (TPSA) is 92.8 Å². The third kappa shape index (κ3) is 5.32. The van der Waals surface area contributed by atoms with E-state index in [0.717, 1.165) is 16.0 Å². The standard InChI is InChI=1S/C24H24N2O5S2/c1-17(22-7-4-14-32-22)25-23(27)16-31-24(28)19-8-10-21(11-9-19)33(29,30)26-13-12-18-5-2-3-6-20(18)15-26/h2-11,14,17H,12-13,15-16H2,1H3,(H,25,27). The lowest BCUT2D eigenvalue weighted by Crippen LogP contribution is -2.35. The molecule has 1 N–H and O–H groups in total. The fourth-order valence-corrected chi connectivity index (χ4v) is 5.85. The first kappa shape index (κ1) is 23.2. The van der Waals surface area contributed by atoms with Gasteiger partial charge in [-0.15, -0.1) is 11.3 Å². The normalized spacial score (nSPS) is 14.8. The average Bonchev–Trinajstić information content (AvgIpc) is 3.37. The van der Waals surface area contributed by atoms with Crippen molar-refractivity contribution < 1.29 is 22.7 Å². The molecular formula is C24H24N2O5S2. The maximum Gasteiger partial charge on any atom is 0.338 e. The smallest absolute Gasteiger partial charge is 0.338 e. The Hall–Kier alpha value is -3.01. The van der Waals surface area contributed by atoms with E-state index in [2.05, 4.69) is 5.32 Å². The van der Waals surface area contributed by atoms with Crippen molar-refractivity contribution in [3.05, 3.63) is 87.6 Å². The van der Waals surface area contributed by atoms with Crippen molar-refractivity contribution in [2.75, 3.05) is 13.2 Å². The van der Waals surface area contributed by atoms with Gasteiger partial charge >= 0.3 is 5.97 Å². The van der Waals surface area contributed by atoms with Crippen LogP contribution in [0.3, 0.4) is 0 Å². The van der Waals surface area contributed by atoms with Crippen LogP contribution >= 0.6 is 11.3 Å². The Labute approximate surface area is 197 Å². The predicted molar refractivity (Wildman–Crippen MR) is 125 cm³/mol. The number of nitrogens with zero attached hydrogens (tertiary/aromatic N) is 1. The molecule has 0 radical (unpaired) electrons. The van der Waals surface area contributed by atoms with Crippen LogP contribution in [0.4, 0.5) is 0 Å². The summed E-state index contributed by atoms with van der Waals surface area (Å²) in [7, 11) is -3.69. The van der Waals surface area contributed by atoms with Crippen molar-refractivity contribution in [1.29, 1.82) is 0 Å². The third-order valence-electron chi connectivity index (χ3n) is 5.51. The summed E-state index contributed by atoms with van der Waals surface area (Å²) in [4.78, 5) is 25.5. The Morgan fingerprint density at radius 2 is 1.79 bits per heavy atom. The number of thiophene rings is 1. The van der Waals surface area contributed by atoms with Crippen LogP contribution in [0.5, 0.6) is 0 Å². The van der Waals surface area contributed by atoms with Crippen LogP contribution < -0.4 is 5.32 Å². The van der Waals surface area contributed by atoms with Gasteiger partial charge in [-0.1, -0.05) is 30.3 Å². The highest BCUT2D eigenvalue weighted by Gasteiger charge is 2.28. The number of nitrogens with one attached hydrogen (secondary N) is 1. The van der Waals surface area contributed by atoms with Gasteiger partial charge in [-0.05, 0) is 60.2 Å². The molecule has 0 aliphatic carbocycles. The molecule has 172 valence electrons. The molecule has 1 aliphatic heterocycles. The monoisotopic (exact) mass is 484 g/mol. The quantitative estimate of drug-likeness (QED) is 0.518. The molecule has 2 aromatic carbocycles. The first-order chi connectivity index (χ1) is 15.8. The Bertz CT molecular complexity index is 1240. The second-order valence-electron chi connectivity index (χ2n) is 7.76. The molecule has 1 amide bonds. The van der Waals surface area contributed by atoms with Crippen LogP contribution in [0, 0.1) is 0 Å². The van der Waals surface area contributed by atoms with E-state index in [4.69, 9.17) is 4.74 Å². The molecule has 1 aromatic heterocycles. The third-order valence-corrected chi connectivity index (χ3v) is 8.42. The van der Waals surface area contributed by atoms with Gasteiger partial charge in [0.05, 0.1) is 16.5 Å². The van der Waals surface area contributed by atoms with E-state index >= 15 is 0 Å². The molecule has 0 saturated carbocycles. The number of ether oxygens (including phenoxy) is 1. The van der Waals surface area contributed by atoms with Gasteiger partial charge in [-0.25, -0.2) is 13.2 Å². The van der Waals surface area contributed by atoms with E-state index in [9.17, 15) is 18.0 Å². The number of sulfonamides is 1. The summed E-state index contributed by atoms with van der Waals surface area (Å²) in [5, 5.41) is 4.69. The second-order valence-corrected chi connectivity index (χ2v) is 10.7. The minimum Gasteiger partial charge on any atom is -0.452 e. The number of esters is 1. The zero-order valence-electron chi connectivity index (χ0n) is 18.1. The Kier molecular flexibility index (Phi) is 6.92. The van der Waals surface area contributed by atoms with Crippen molar-refractivity contribution in [2.24, 2.45) is 0 Å². The van der Waals surface area contributed by atoms with E-state index in [1.165, 1.54) is 39.9 Å². The Balaban J connectivity index is 1.34. The van der Waals surface area contributed by atoms with Crippen molar-refractivity contribution in [2.45, 2.75) is 30.8 Å². The van der Waals surface area contributed by atoms with Gasteiger partial charge < -0.3 is 10.1 Å². The average molecular weight is 485 g/mol. The lowest BCUT2D eigenvalue weighted by atomic mass is 10.0. The summed E-state index contributed by atoms with van der Waals surface area (Å²) in [5.41, 5.74) is 2.34. The fourth-order valence-electron chi connectivity index (χ4n) is 3.69. The van der Waals surface area contributed by atoms with Crippen LogP contribution in [-0.2, 0) is 32.5 Å². The number of fused-ring (bicyclic) bond motifs is 1. The first-order valence-corrected chi connectivity index (χ1v) is 12.8. The van der Waals surface area contributed by atoms with Gasteiger partial charge in [0.15, 0.2) is 6.61 Å². The largest absolute Gasteiger partial charge is 0.452 e.